The predicted molar refractivity (Wildman–Crippen MR) is 102 cm³/mol. The minimum Gasteiger partial charge on any atom is -0.295 e. The number of carbonyl (C=O) groups excluding carboxylic acids is 4. The van der Waals surface area contributed by atoms with Crippen LogP contribution in [0.1, 0.15) is 39.3 Å². The van der Waals surface area contributed by atoms with Crippen LogP contribution < -0.4 is 5.32 Å². The van der Waals surface area contributed by atoms with E-state index in [0.29, 0.717) is 24.3 Å². The van der Waals surface area contributed by atoms with Crippen molar-refractivity contribution in [2.24, 2.45) is 0 Å². The molecule has 1 aromatic carbocycles. The van der Waals surface area contributed by atoms with Crippen molar-refractivity contribution in [2.75, 3.05) is 0 Å². The number of fused-ring (bicyclic) bond motifs is 1. The van der Waals surface area contributed by atoms with E-state index in [2.05, 4.69) is 25.7 Å². The van der Waals surface area contributed by atoms with E-state index in [1.165, 1.54) is 17.1 Å². The van der Waals surface area contributed by atoms with Crippen molar-refractivity contribution >= 4 is 23.6 Å². The Morgan fingerprint density at radius 1 is 1.13 bits per heavy atom. The van der Waals surface area contributed by atoms with Crippen LogP contribution in [0.3, 0.4) is 0 Å². The Labute approximate surface area is 174 Å². The van der Waals surface area contributed by atoms with Gasteiger partial charge in [0.25, 0.3) is 11.8 Å². The van der Waals surface area contributed by atoms with Gasteiger partial charge in [0.05, 0.1) is 28.7 Å². The molecule has 1 unspecified atom stereocenters. The number of nitrogens with zero attached hydrogens (tertiary/aromatic N) is 7. The van der Waals surface area contributed by atoms with E-state index in [0.717, 1.165) is 4.90 Å². The molecule has 2 aliphatic heterocycles. The summed E-state index contributed by atoms with van der Waals surface area (Å²) < 4.78 is 3.11. The highest BCUT2D eigenvalue weighted by Crippen LogP contribution is 2.31. The molecular weight excluding hydrogens is 404 g/mol. The second kappa shape index (κ2) is 7.23. The van der Waals surface area contributed by atoms with Gasteiger partial charge in [-0.3, -0.25) is 34.1 Å². The van der Waals surface area contributed by atoms with Crippen molar-refractivity contribution < 1.29 is 19.2 Å². The molecule has 12 nitrogen and oxygen atoms in total. The van der Waals surface area contributed by atoms with Crippen LogP contribution in [0.5, 0.6) is 0 Å². The molecule has 1 saturated heterocycles. The molecule has 0 radical (unpaired) electrons. The van der Waals surface area contributed by atoms with Crippen molar-refractivity contribution in [3.8, 4) is 5.69 Å². The van der Waals surface area contributed by atoms with Gasteiger partial charge < -0.3 is 0 Å². The molecule has 156 valence electrons. The number of rotatable bonds is 5. The van der Waals surface area contributed by atoms with E-state index in [9.17, 15) is 19.2 Å². The van der Waals surface area contributed by atoms with Crippen molar-refractivity contribution in [3.63, 3.8) is 0 Å². The molecule has 0 saturated carbocycles. The minimum absolute atomic E-state index is 0.0644. The lowest BCUT2D eigenvalue weighted by molar-refractivity contribution is -0.136. The Balaban J connectivity index is 1.43. The van der Waals surface area contributed by atoms with Crippen LogP contribution in [-0.4, -0.2) is 64.3 Å². The van der Waals surface area contributed by atoms with Crippen molar-refractivity contribution in [3.05, 3.63) is 53.9 Å². The molecule has 4 heterocycles. The number of aryl methyl sites for hydroxylation is 2. The summed E-state index contributed by atoms with van der Waals surface area (Å²) in [6.45, 7) is 0.562. The van der Waals surface area contributed by atoms with Gasteiger partial charge >= 0.3 is 0 Å². The fraction of sp³-hybridized carbons (Fsp3) is 0.263. The molecule has 2 aromatic heterocycles. The molecule has 0 spiro atoms. The third-order valence-electron chi connectivity index (χ3n) is 5.30. The highest BCUT2D eigenvalue weighted by atomic mass is 16.2. The minimum atomic E-state index is -1.02. The van der Waals surface area contributed by atoms with Gasteiger partial charge in [-0.1, -0.05) is 11.3 Å². The summed E-state index contributed by atoms with van der Waals surface area (Å²) in [5.41, 5.74) is 1.41. The lowest BCUT2D eigenvalue weighted by Gasteiger charge is -2.27. The lowest BCUT2D eigenvalue weighted by Crippen LogP contribution is -2.54. The number of benzene rings is 1. The molecule has 1 atom stereocenters. The van der Waals surface area contributed by atoms with E-state index in [1.54, 1.807) is 29.3 Å². The maximum Gasteiger partial charge on any atom is 0.264 e. The van der Waals surface area contributed by atoms with Crippen molar-refractivity contribution in [2.45, 2.75) is 31.8 Å². The lowest BCUT2D eigenvalue weighted by atomic mass is 10.0. The van der Waals surface area contributed by atoms with Crippen LogP contribution in [0.15, 0.2) is 37.1 Å². The predicted octanol–water partition coefficient (Wildman–Crippen LogP) is -0.497. The standard InChI is InChI=1S/C19H16N8O4/c28-15-5-4-14(17(29)22-15)27-18(30)12-2-1-3-13(16(12)19(27)31)26-8-11(23-24-26)6-7-25-10-20-9-21-25/h1-3,8-10,14H,4-7H2,(H,22,28,29). The number of carbonyl (C=O) groups is 4. The Morgan fingerprint density at radius 2 is 2.00 bits per heavy atom. The molecule has 0 aliphatic carbocycles. The van der Waals surface area contributed by atoms with Gasteiger partial charge in [-0.2, -0.15) is 5.10 Å². The number of aromatic nitrogens is 6. The summed E-state index contributed by atoms with van der Waals surface area (Å²) in [4.78, 5) is 54.6. The van der Waals surface area contributed by atoms with Crippen LogP contribution >= 0.6 is 0 Å². The second-order valence-corrected chi connectivity index (χ2v) is 7.21. The average molecular weight is 420 g/mol. The summed E-state index contributed by atoms with van der Waals surface area (Å²) >= 11 is 0. The first kappa shape index (κ1) is 18.8. The number of hydrogen-bond donors (Lipinski definition) is 1. The molecule has 5 rings (SSSR count). The molecule has 31 heavy (non-hydrogen) atoms. The summed E-state index contributed by atoms with van der Waals surface area (Å²) in [5, 5.41) is 14.5. The Bertz CT molecular complexity index is 1220. The quantitative estimate of drug-likeness (QED) is 0.544. The Hall–Kier alpha value is -4.22. The molecular formula is C19H16N8O4. The largest absolute Gasteiger partial charge is 0.295 e. The first-order chi connectivity index (χ1) is 15.0. The van der Waals surface area contributed by atoms with Crippen LogP contribution in [0.4, 0.5) is 0 Å². The first-order valence-electron chi connectivity index (χ1n) is 9.61. The van der Waals surface area contributed by atoms with Gasteiger partial charge in [-0.25, -0.2) is 9.67 Å². The van der Waals surface area contributed by atoms with Gasteiger partial charge in [0.15, 0.2) is 0 Å². The van der Waals surface area contributed by atoms with Gasteiger partial charge in [0, 0.05) is 19.4 Å². The monoisotopic (exact) mass is 420 g/mol. The summed E-state index contributed by atoms with van der Waals surface area (Å²) in [6.07, 6.45) is 5.44. The number of nitrogens with one attached hydrogen (secondary N) is 1. The summed E-state index contributed by atoms with van der Waals surface area (Å²) in [6, 6.07) is 3.82. The van der Waals surface area contributed by atoms with Gasteiger partial charge in [-0.05, 0) is 18.6 Å². The summed E-state index contributed by atoms with van der Waals surface area (Å²) in [7, 11) is 0. The molecule has 12 heteroatoms. The van der Waals surface area contributed by atoms with Gasteiger partial charge in [0.1, 0.15) is 18.7 Å². The second-order valence-electron chi connectivity index (χ2n) is 7.21. The zero-order valence-corrected chi connectivity index (χ0v) is 16.1. The van der Waals surface area contributed by atoms with Crippen LogP contribution in [0.2, 0.25) is 0 Å². The van der Waals surface area contributed by atoms with E-state index >= 15 is 0 Å². The maximum atomic E-state index is 13.2. The zero-order chi connectivity index (χ0) is 21.5. The van der Waals surface area contributed by atoms with E-state index in [1.807, 2.05) is 0 Å². The molecule has 0 bridgehead atoms. The van der Waals surface area contributed by atoms with Crippen molar-refractivity contribution in [1.29, 1.82) is 0 Å². The van der Waals surface area contributed by atoms with Crippen LogP contribution in [0.25, 0.3) is 5.69 Å². The van der Waals surface area contributed by atoms with E-state index in [4.69, 9.17) is 0 Å². The Kier molecular flexibility index (Phi) is 4.38. The maximum absolute atomic E-state index is 13.2. The molecule has 1 N–H and O–H groups in total. The zero-order valence-electron chi connectivity index (χ0n) is 16.1. The fourth-order valence-electron chi connectivity index (χ4n) is 3.80. The molecule has 1 fully saturated rings. The van der Waals surface area contributed by atoms with E-state index in [-0.39, 0.29) is 24.0 Å². The van der Waals surface area contributed by atoms with Crippen LogP contribution in [0, 0.1) is 0 Å². The first-order valence-corrected chi connectivity index (χ1v) is 9.61. The normalized spacial score (nSPS) is 18.5. The SMILES string of the molecule is O=C1CCC(N2C(=O)c3cccc(-n4cc(CCn5cncn5)nn4)c3C2=O)C(=O)N1. The van der Waals surface area contributed by atoms with Crippen LogP contribution in [-0.2, 0) is 22.6 Å². The average Bonchev–Trinajstić information content (AvgIpc) is 3.49. The topological polar surface area (TPSA) is 145 Å². The number of amides is 4. The number of hydrogen-bond acceptors (Lipinski definition) is 8. The van der Waals surface area contributed by atoms with Gasteiger partial charge in [0.2, 0.25) is 11.8 Å². The highest BCUT2D eigenvalue weighted by Gasteiger charge is 2.45. The van der Waals surface area contributed by atoms with Crippen molar-refractivity contribution in [1.82, 2.24) is 40.0 Å². The van der Waals surface area contributed by atoms with Gasteiger partial charge in [-0.15, -0.1) is 5.10 Å². The molecule has 2 aliphatic rings. The number of imide groups is 2. The molecule has 4 amide bonds. The Morgan fingerprint density at radius 3 is 2.77 bits per heavy atom. The molecule has 3 aromatic rings. The summed E-state index contributed by atoms with van der Waals surface area (Å²) in [5.74, 6) is -2.23. The highest BCUT2D eigenvalue weighted by molar-refractivity contribution is 6.24. The van der Waals surface area contributed by atoms with E-state index < -0.39 is 29.7 Å². The number of piperidine rings is 1. The smallest absolute Gasteiger partial charge is 0.264 e. The third-order valence-corrected chi connectivity index (χ3v) is 5.30. The third kappa shape index (κ3) is 3.17. The fourth-order valence-corrected chi connectivity index (χ4v) is 3.80.